The SMILES string of the molecule is CC1=NO[C@@H](c2c(F)cccc2CCc2ccccn2)C1. The molecule has 0 aliphatic carbocycles. The average molecular weight is 284 g/mol. The fraction of sp³-hybridized carbons (Fsp3) is 0.294. The van der Waals surface area contributed by atoms with Gasteiger partial charge in [0.15, 0.2) is 6.10 Å². The van der Waals surface area contributed by atoms with E-state index in [1.54, 1.807) is 12.3 Å². The monoisotopic (exact) mass is 284 g/mol. The van der Waals surface area contributed by atoms with Gasteiger partial charge in [-0.25, -0.2) is 4.39 Å². The van der Waals surface area contributed by atoms with Crippen LogP contribution in [0.4, 0.5) is 4.39 Å². The summed E-state index contributed by atoms with van der Waals surface area (Å²) in [6, 6.07) is 11.0. The van der Waals surface area contributed by atoms with Gasteiger partial charge in [-0.1, -0.05) is 23.4 Å². The predicted molar refractivity (Wildman–Crippen MR) is 79.6 cm³/mol. The molecular weight excluding hydrogens is 267 g/mol. The van der Waals surface area contributed by atoms with E-state index < -0.39 is 0 Å². The predicted octanol–water partition coefficient (Wildman–Crippen LogP) is 3.84. The second-order valence-corrected chi connectivity index (χ2v) is 5.26. The quantitative estimate of drug-likeness (QED) is 0.854. The van der Waals surface area contributed by atoms with Gasteiger partial charge in [-0.3, -0.25) is 4.98 Å². The molecule has 3 rings (SSSR count). The maximum absolute atomic E-state index is 14.2. The van der Waals surface area contributed by atoms with Crippen molar-refractivity contribution in [3.63, 3.8) is 0 Å². The Bertz CT molecular complexity index is 655. The molecule has 108 valence electrons. The highest BCUT2D eigenvalue weighted by Crippen LogP contribution is 2.32. The zero-order valence-corrected chi connectivity index (χ0v) is 11.9. The molecule has 21 heavy (non-hydrogen) atoms. The Morgan fingerprint density at radius 1 is 1.19 bits per heavy atom. The van der Waals surface area contributed by atoms with Crippen molar-refractivity contribution in [1.82, 2.24) is 4.98 Å². The Labute approximate surface area is 123 Å². The third-order valence-electron chi connectivity index (χ3n) is 3.66. The Morgan fingerprint density at radius 3 is 2.81 bits per heavy atom. The minimum Gasteiger partial charge on any atom is -0.387 e. The molecule has 1 aromatic carbocycles. The summed E-state index contributed by atoms with van der Waals surface area (Å²) in [5.41, 5.74) is 3.51. The Kier molecular flexibility index (Phi) is 3.95. The maximum Gasteiger partial charge on any atom is 0.160 e. The topological polar surface area (TPSA) is 34.5 Å². The first-order valence-corrected chi connectivity index (χ1v) is 7.10. The summed E-state index contributed by atoms with van der Waals surface area (Å²) in [6.07, 6.45) is 3.65. The van der Waals surface area contributed by atoms with Crippen LogP contribution in [0.2, 0.25) is 0 Å². The molecule has 3 nitrogen and oxygen atoms in total. The van der Waals surface area contributed by atoms with E-state index >= 15 is 0 Å². The average Bonchev–Trinajstić information content (AvgIpc) is 2.92. The summed E-state index contributed by atoms with van der Waals surface area (Å²) in [4.78, 5) is 9.66. The van der Waals surface area contributed by atoms with E-state index in [9.17, 15) is 4.39 Å². The van der Waals surface area contributed by atoms with Crippen molar-refractivity contribution in [2.75, 3.05) is 0 Å². The Balaban J connectivity index is 1.80. The number of nitrogens with zero attached hydrogens (tertiary/aromatic N) is 2. The van der Waals surface area contributed by atoms with Crippen LogP contribution in [0.3, 0.4) is 0 Å². The van der Waals surface area contributed by atoms with Gasteiger partial charge >= 0.3 is 0 Å². The van der Waals surface area contributed by atoms with Gasteiger partial charge in [-0.2, -0.15) is 0 Å². The molecule has 0 unspecified atom stereocenters. The van der Waals surface area contributed by atoms with Crippen LogP contribution in [-0.4, -0.2) is 10.7 Å². The second-order valence-electron chi connectivity index (χ2n) is 5.26. The van der Waals surface area contributed by atoms with Crippen LogP contribution < -0.4 is 0 Å². The summed E-state index contributed by atoms with van der Waals surface area (Å²) in [6.45, 7) is 1.90. The molecule has 0 bridgehead atoms. The van der Waals surface area contributed by atoms with Crippen LogP contribution in [0, 0.1) is 5.82 Å². The smallest absolute Gasteiger partial charge is 0.160 e. The summed E-state index contributed by atoms with van der Waals surface area (Å²) in [5.74, 6) is -0.219. The standard InChI is InChI=1S/C17H17FN2O/c1-12-11-16(21-20-12)17-13(5-4-7-15(17)18)8-9-14-6-2-3-10-19-14/h2-7,10,16H,8-9,11H2,1H3/t16-/m1/s1. The Morgan fingerprint density at radius 2 is 2.10 bits per heavy atom. The van der Waals surface area contributed by atoms with Gasteiger partial charge in [-0.05, 0) is 43.5 Å². The van der Waals surface area contributed by atoms with Gasteiger partial charge in [-0.15, -0.1) is 0 Å². The third kappa shape index (κ3) is 3.10. The lowest BCUT2D eigenvalue weighted by Gasteiger charge is -2.15. The zero-order chi connectivity index (χ0) is 14.7. The van der Waals surface area contributed by atoms with E-state index in [2.05, 4.69) is 10.1 Å². The molecule has 0 spiro atoms. The molecule has 2 aromatic rings. The molecule has 0 fully saturated rings. The largest absolute Gasteiger partial charge is 0.387 e. The summed E-state index contributed by atoms with van der Waals surface area (Å²) in [7, 11) is 0. The lowest BCUT2D eigenvalue weighted by atomic mass is 9.95. The van der Waals surface area contributed by atoms with E-state index in [4.69, 9.17) is 4.84 Å². The number of hydrogen-bond donors (Lipinski definition) is 0. The van der Waals surface area contributed by atoms with Gasteiger partial charge in [0.25, 0.3) is 0 Å². The Hall–Kier alpha value is -2.23. The number of rotatable bonds is 4. The minimum atomic E-state index is -0.301. The minimum absolute atomic E-state index is 0.219. The van der Waals surface area contributed by atoms with Crippen LogP contribution >= 0.6 is 0 Å². The fourth-order valence-electron chi connectivity index (χ4n) is 2.62. The molecule has 2 heterocycles. The first kappa shape index (κ1) is 13.7. The number of oxime groups is 1. The third-order valence-corrected chi connectivity index (χ3v) is 3.66. The summed E-state index contributed by atoms with van der Waals surface area (Å²) >= 11 is 0. The molecular formula is C17H17FN2O. The van der Waals surface area contributed by atoms with Crippen LogP contribution in [0.1, 0.15) is 36.3 Å². The first-order valence-electron chi connectivity index (χ1n) is 7.10. The highest BCUT2D eigenvalue weighted by atomic mass is 19.1. The summed E-state index contributed by atoms with van der Waals surface area (Å²) in [5, 5.41) is 3.93. The highest BCUT2D eigenvalue weighted by Gasteiger charge is 2.25. The lowest BCUT2D eigenvalue weighted by Crippen LogP contribution is -2.07. The van der Waals surface area contributed by atoms with E-state index in [0.29, 0.717) is 12.0 Å². The van der Waals surface area contributed by atoms with Crippen LogP contribution in [-0.2, 0) is 17.7 Å². The number of aromatic nitrogens is 1. The van der Waals surface area contributed by atoms with Crippen molar-refractivity contribution in [1.29, 1.82) is 0 Å². The van der Waals surface area contributed by atoms with Gasteiger partial charge in [0, 0.05) is 23.9 Å². The lowest BCUT2D eigenvalue weighted by molar-refractivity contribution is 0.0822. The van der Waals surface area contributed by atoms with Gasteiger partial charge < -0.3 is 4.84 Å². The molecule has 0 amide bonds. The molecule has 1 aromatic heterocycles. The number of benzene rings is 1. The molecule has 1 aliphatic heterocycles. The molecule has 0 saturated heterocycles. The number of aryl methyl sites for hydroxylation is 2. The number of pyridine rings is 1. The second kappa shape index (κ2) is 6.04. The maximum atomic E-state index is 14.2. The fourth-order valence-corrected chi connectivity index (χ4v) is 2.62. The van der Waals surface area contributed by atoms with Crippen molar-refractivity contribution in [3.8, 4) is 0 Å². The summed E-state index contributed by atoms with van der Waals surface area (Å²) < 4.78 is 14.2. The van der Waals surface area contributed by atoms with Crippen LogP contribution in [0.25, 0.3) is 0 Å². The molecule has 0 N–H and O–H groups in total. The normalized spacial score (nSPS) is 17.4. The highest BCUT2D eigenvalue weighted by molar-refractivity contribution is 5.83. The zero-order valence-electron chi connectivity index (χ0n) is 11.9. The van der Waals surface area contributed by atoms with E-state index in [1.165, 1.54) is 6.07 Å². The first-order chi connectivity index (χ1) is 10.2. The molecule has 1 atom stereocenters. The van der Waals surface area contributed by atoms with Gasteiger partial charge in [0.1, 0.15) is 5.82 Å². The van der Waals surface area contributed by atoms with Crippen molar-refractivity contribution in [2.24, 2.45) is 5.16 Å². The van der Waals surface area contributed by atoms with E-state index in [-0.39, 0.29) is 11.9 Å². The molecule has 0 radical (unpaired) electrons. The molecule has 1 aliphatic rings. The van der Waals surface area contributed by atoms with Gasteiger partial charge in [0.05, 0.1) is 5.71 Å². The van der Waals surface area contributed by atoms with Crippen molar-refractivity contribution in [3.05, 3.63) is 65.2 Å². The van der Waals surface area contributed by atoms with E-state index in [1.807, 2.05) is 31.2 Å². The van der Waals surface area contributed by atoms with Gasteiger partial charge in [0.2, 0.25) is 0 Å². The molecule has 0 saturated carbocycles. The van der Waals surface area contributed by atoms with Crippen molar-refractivity contribution >= 4 is 5.71 Å². The number of hydrogen-bond acceptors (Lipinski definition) is 3. The van der Waals surface area contributed by atoms with Crippen molar-refractivity contribution < 1.29 is 9.23 Å². The van der Waals surface area contributed by atoms with Crippen molar-refractivity contribution in [2.45, 2.75) is 32.3 Å². The van der Waals surface area contributed by atoms with Crippen LogP contribution in [0.5, 0.6) is 0 Å². The van der Waals surface area contributed by atoms with E-state index in [0.717, 1.165) is 29.8 Å². The molecule has 4 heteroatoms. The van der Waals surface area contributed by atoms with Crippen LogP contribution in [0.15, 0.2) is 47.8 Å². The number of halogens is 1.